The third-order valence-electron chi connectivity index (χ3n) is 6.53. The average molecular weight is 367 g/mol. The molecule has 1 aliphatic carbocycles. The predicted molar refractivity (Wildman–Crippen MR) is 106 cm³/mol. The zero-order valence-corrected chi connectivity index (χ0v) is 17.2. The minimum atomic E-state index is 0.160. The number of aliphatic imine (C=N–C) groups is 1. The number of nitrogens with zero attached hydrogens (tertiary/aromatic N) is 3. The lowest BCUT2D eigenvalue weighted by molar-refractivity contribution is -0.114. The van der Waals surface area contributed by atoms with Crippen molar-refractivity contribution in [2.45, 2.75) is 64.6 Å². The molecule has 3 rings (SSSR count). The third-order valence-corrected chi connectivity index (χ3v) is 6.53. The van der Waals surface area contributed by atoms with E-state index in [4.69, 9.17) is 9.47 Å². The summed E-state index contributed by atoms with van der Waals surface area (Å²) in [4.78, 5) is 9.60. The standard InChI is InChI=1S/C20H38N4O2/c1-5-6-11-26-18-14-17(20(18,2)3)22-19(21-4)24-8-7-16(15-24)23-9-12-25-13-10-23/h16-18H,5-15H2,1-4H3,(H,21,22). The number of unbranched alkanes of at least 4 members (excludes halogenated alkanes) is 1. The molecule has 3 aliphatic rings. The lowest BCUT2D eigenvalue weighted by atomic mass is 9.64. The Morgan fingerprint density at radius 1 is 1.27 bits per heavy atom. The summed E-state index contributed by atoms with van der Waals surface area (Å²) in [6, 6.07) is 1.08. The van der Waals surface area contributed by atoms with Gasteiger partial charge >= 0.3 is 0 Å². The highest BCUT2D eigenvalue weighted by molar-refractivity contribution is 5.80. The zero-order valence-electron chi connectivity index (χ0n) is 17.2. The number of nitrogens with one attached hydrogen (secondary N) is 1. The maximum absolute atomic E-state index is 6.09. The predicted octanol–water partition coefficient (Wildman–Crippen LogP) is 1.95. The molecule has 0 aromatic heterocycles. The summed E-state index contributed by atoms with van der Waals surface area (Å²) in [5.74, 6) is 1.06. The first kappa shape index (κ1) is 19.9. The van der Waals surface area contributed by atoms with Crippen molar-refractivity contribution >= 4 is 5.96 Å². The van der Waals surface area contributed by atoms with Crippen LogP contribution in [0.1, 0.15) is 46.5 Å². The maximum atomic E-state index is 6.09. The summed E-state index contributed by atoms with van der Waals surface area (Å²) in [6.45, 7) is 13.8. The number of hydrogen-bond donors (Lipinski definition) is 1. The lowest BCUT2D eigenvalue weighted by Crippen LogP contribution is -2.63. The first-order valence-corrected chi connectivity index (χ1v) is 10.5. The second kappa shape index (κ2) is 8.89. The second-order valence-corrected chi connectivity index (χ2v) is 8.55. The molecule has 0 amide bonds. The van der Waals surface area contributed by atoms with Gasteiger partial charge in [0, 0.05) is 57.3 Å². The van der Waals surface area contributed by atoms with Crippen molar-refractivity contribution in [2.24, 2.45) is 10.4 Å². The number of ether oxygens (including phenoxy) is 2. The highest BCUT2D eigenvalue weighted by Gasteiger charge is 2.49. The van der Waals surface area contributed by atoms with Crippen LogP contribution in [0.15, 0.2) is 4.99 Å². The van der Waals surface area contributed by atoms with Gasteiger partial charge in [-0.2, -0.15) is 0 Å². The van der Waals surface area contributed by atoms with E-state index in [2.05, 4.69) is 40.9 Å². The van der Waals surface area contributed by atoms with Crippen LogP contribution in [-0.2, 0) is 9.47 Å². The van der Waals surface area contributed by atoms with Gasteiger partial charge in [0.2, 0.25) is 0 Å². The van der Waals surface area contributed by atoms with Crippen LogP contribution in [0.2, 0.25) is 0 Å². The van der Waals surface area contributed by atoms with Crippen LogP contribution in [0.4, 0.5) is 0 Å². The minimum absolute atomic E-state index is 0.160. The SMILES string of the molecule is CCCCOC1CC(NC(=NC)N2CCC(N3CCOCC3)C2)C1(C)C. The van der Waals surface area contributed by atoms with Crippen LogP contribution in [0, 0.1) is 5.41 Å². The summed E-state index contributed by atoms with van der Waals surface area (Å²) in [5, 5.41) is 3.73. The van der Waals surface area contributed by atoms with E-state index >= 15 is 0 Å². The van der Waals surface area contributed by atoms with E-state index < -0.39 is 0 Å². The van der Waals surface area contributed by atoms with Crippen LogP contribution in [0.25, 0.3) is 0 Å². The second-order valence-electron chi connectivity index (χ2n) is 8.55. The summed E-state index contributed by atoms with van der Waals surface area (Å²) in [6.07, 6.45) is 5.02. The van der Waals surface area contributed by atoms with Crippen LogP contribution in [-0.4, -0.2) is 87.0 Å². The van der Waals surface area contributed by atoms with Crippen LogP contribution >= 0.6 is 0 Å². The van der Waals surface area contributed by atoms with E-state index in [9.17, 15) is 0 Å². The van der Waals surface area contributed by atoms with E-state index in [1.807, 2.05) is 7.05 Å². The van der Waals surface area contributed by atoms with E-state index in [0.29, 0.717) is 18.2 Å². The Hall–Kier alpha value is -0.850. The van der Waals surface area contributed by atoms with Gasteiger partial charge in [0.1, 0.15) is 0 Å². The number of morpholine rings is 1. The Kier molecular flexibility index (Phi) is 6.81. The molecule has 6 nitrogen and oxygen atoms in total. The summed E-state index contributed by atoms with van der Waals surface area (Å²) < 4.78 is 11.6. The quantitative estimate of drug-likeness (QED) is 0.442. The average Bonchev–Trinajstić information content (AvgIpc) is 3.14. The van der Waals surface area contributed by atoms with Gasteiger partial charge in [-0.25, -0.2) is 0 Å². The molecule has 3 unspecified atom stereocenters. The van der Waals surface area contributed by atoms with Crippen molar-refractivity contribution in [1.82, 2.24) is 15.1 Å². The van der Waals surface area contributed by atoms with E-state index in [-0.39, 0.29) is 5.41 Å². The molecule has 1 N–H and O–H groups in total. The van der Waals surface area contributed by atoms with Crippen molar-refractivity contribution < 1.29 is 9.47 Å². The summed E-state index contributed by atoms with van der Waals surface area (Å²) in [5.41, 5.74) is 0.160. The minimum Gasteiger partial charge on any atom is -0.379 e. The van der Waals surface area contributed by atoms with Gasteiger partial charge in [-0.3, -0.25) is 9.89 Å². The molecule has 150 valence electrons. The van der Waals surface area contributed by atoms with E-state index in [0.717, 1.165) is 64.8 Å². The van der Waals surface area contributed by atoms with Crippen molar-refractivity contribution in [3.8, 4) is 0 Å². The number of guanidine groups is 1. The van der Waals surface area contributed by atoms with Crippen molar-refractivity contribution in [3.05, 3.63) is 0 Å². The molecular formula is C20H38N4O2. The van der Waals surface area contributed by atoms with E-state index in [1.165, 1.54) is 12.8 Å². The fraction of sp³-hybridized carbons (Fsp3) is 0.950. The Balaban J connectivity index is 1.48. The van der Waals surface area contributed by atoms with E-state index in [1.54, 1.807) is 0 Å². The molecule has 26 heavy (non-hydrogen) atoms. The number of hydrogen-bond acceptors (Lipinski definition) is 4. The molecule has 0 bridgehead atoms. The Morgan fingerprint density at radius 2 is 2.04 bits per heavy atom. The van der Waals surface area contributed by atoms with Crippen LogP contribution < -0.4 is 5.32 Å². The largest absolute Gasteiger partial charge is 0.379 e. The highest BCUT2D eigenvalue weighted by atomic mass is 16.5. The van der Waals surface area contributed by atoms with Crippen LogP contribution in [0.3, 0.4) is 0 Å². The number of rotatable bonds is 6. The van der Waals surface area contributed by atoms with Crippen molar-refractivity contribution in [3.63, 3.8) is 0 Å². The first-order chi connectivity index (χ1) is 12.6. The van der Waals surface area contributed by atoms with Gasteiger partial charge in [0.15, 0.2) is 5.96 Å². The van der Waals surface area contributed by atoms with Gasteiger partial charge < -0.3 is 19.7 Å². The molecular weight excluding hydrogens is 328 g/mol. The fourth-order valence-electron chi connectivity index (χ4n) is 4.41. The monoisotopic (exact) mass is 366 g/mol. The molecule has 2 aliphatic heterocycles. The topological polar surface area (TPSA) is 49.3 Å². The first-order valence-electron chi connectivity index (χ1n) is 10.5. The van der Waals surface area contributed by atoms with Gasteiger partial charge in [-0.05, 0) is 19.3 Å². The Morgan fingerprint density at radius 3 is 2.69 bits per heavy atom. The van der Waals surface area contributed by atoms with Crippen molar-refractivity contribution in [1.29, 1.82) is 0 Å². The summed E-state index contributed by atoms with van der Waals surface area (Å²) in [7, 11) is 1.91. The molecule has 6 heteroatoms. The Labute approximate surface area is 159 Å². The lowest BCUT2D eigenvalue weighted by Gasteiger charge is -2.52. The zero-order chi connectivity index (χ0) is 18.6. The van der Waals surface area contributed by atoms with Gasteiger partial charge in [0.05, 0.1) is 19.3 Å². The molecule has 3 atom stereocenters. The molecule has 3 fully saturated rings. The van der Waals surface area contributed by atoms with Crippen LogP contribution in [0.5, 0.6) is 0 Å². The highest BCUT2D eigenvalue weighted by Crippen LogP contribution is 2.43. The molecule has 1 saturated carbocycles. The Bertz CT molecular complexity index is 476. The molecule has 0 aromatic carbocycles. The van der Waals surface area contributed by atoms with Gasteiger partial charge in [-0.15, -0.1) is 0 Å². The molecule has 0 aromatic rings. The molecule has 0 spiro atoms. The summed E-state index contributed by atoms with van der Waals surface area (Å²) >= 11 is 0. The smallest absolute Gasteiger partial charge is 0.193 e. The molecule has 2 saturated heterocycles. The van der Waals surface area contributed by atoms with Gasteiger partial charge in [0.25, 0.3) is 0 Å². The fourth-order valence-corrected chi connectivity index (χ4v) is 4.41. The normalized spacial score (nSPS) is 32.5. The third kappa shape index (κ3) is 4.34. The van der Waals surface area contributed by atoms with Gasteiger partial charge in [-0.1, -0.05) is 27.2 Å². The molecule has 0 radical (unpaired) electrons. The number of likely N-dealkylation sites (tertiary alicyclic amines) is 1. The maximum Gasteiger partial charge on any atom is 0.193 e. The van der Waals surface area contributed by atoms with Crippen molar-refractivity contribution in [2.75, 3.05) is 53.0 Å². The molecule has 2 heterocycles.